The molecule has 0 aliphatic rings. The van der Waals surface area contributed by atoms with Crippen molar-refractivity contribution < 1.29 is 49.0 Å². The quantitative estimate of drug-likeness (QED) is 0.234. The number of aliphatic hydroxyl groups excluding tert-OH is 4. The van der Waals surface area contributed by atoms with Crippen LogP contribution in [0.3, 0.4) is 0 Å². The van der Waals surface area contributed by atoms with Crippen LogP contribution in [-0.4, -0.2) is 85.1 Å². The van der Waals surface area contributed by atoms with Crippen molar-refractivity contribution in [2.75, 3.05) is 46.8 Å². The Hall–Kier alpha value is -1.75. The molecule has 0 bridgehead atoms. The lowest BCUT2D eigenvalue weighted by molar-refractivity contribution is -0.170. The Kier molecular flexibility index (Phi) is 9.57. The Balaban J connectivity index is 4.86. The molecule has 0 radical (unpaired) electrons. The number of hydrogen-bond acceptors (Lipinski definition) is 10. The van der Waals surface area contributed by atoms with Crippen LogP contribution in [0.4, 0.5) is 0 Å². The third-order valence-electron chi connectivity index (χ3n) is 3.75. The number of methoxy groups -OCH3 is 1. The van der Waals surface area contributed by atoms with E-state index in [0.717, 1.165) is 7.11 Å². The maximum Gasteiger partial charge on any atom is 0.316 e. The second kappa shape index (κ2) is 10.3. The highest BCUT2D eigenvalue weighted by Crippen LogP contribution is 2.19. The smallest absolute Gasteiger partial charge is 0.316 e. The zero-order valence-electron chi connectivity index (χ0n) is 14.6. The van der Waals surface area contributed by atoms with Crippen LogP contribution in [0.2, 0.25) is 0 Å². The SMILES string of the molecule is COC(=O)C(COC(=O)C(C)(CO)CO)COC(=O)C(C)(CO)CO. The average Bonchev–Trinajstić information content (AvgIpc) is 2.65. The van der Waals surface area contributed by atoms with E-state index in [0.29, 0.717) is 0 Å². The highest BCUT2D eigenvalue weighted by Gasteiger charge is 2.37. The van der Waals surface area contributed by atoms with Gasteiger partial charge in [0.25, 0.3) is 0 Å². The minimum Gasteiger partial charge on any atom is -0.469 e. The summed E-state index contributed by atoms with van der Waals surface area (Å²) in [6.45, 7) is -1.12. The van der Waals surface area contributed by atoms with Crippen LogP contribution in [0.1, 0.15) is 13.8 Å². The number of carbonyl (C=O) groups excluding carboxylic acids is 3. The molecule has 146 valence electrons. The third-order valence-corrected chi connectivity index (χ3v) is 3.75. The maximum absolute atomic E-state index is 11.9. The summed E-state index contributed by atoms with van der Waals surface area (Å²) in [4.78, 5) is 35.4. The maximum atomic E-state index is 11.9. The first-order valence-corrected chi connectivity index (χ1v) is 7.49. The van der Waals surface area contributed by atoms with Gasteiger partial charge in [0.1, 0.15) is 30.0 Å². The van der Waals surface area contributed by atoms with Gasteiger partial charge in [-0.1, -0.05) is 0 Å². The van der Waals surface area contributed by atoms with E-state index in [4.69, 9.17) is 29.9 Å². The molecular formula is C15H26O10. The third kappa shape index (κ3) is 6.24. The molecule has 0 atom stereocenters. The standard InChI is InChI=1S/C15H26O10/c1-14(6-16,7-17)12(21)24-4-10(11(20)23-3)5-25-13(22)15(2,8-18)9-19/h10,16-19H,4-9H2,1-3H3. The van der Waals surface area contributed by atoms with Crippen molar-refractivity contribution in [2.24, 2.45) is 16.7 Å². The predicted molar refractivity (Wildman–Crippen MR) is 82.0 cm³/mol. The largest absolute Gasteiger partial charge is 0.469 e. The molecule has 0 aromatic rings. The van der Waals surface area contributed by atoms with Gasteiger partial charge in [-0.05, 0) is 13.8 Å². The molecule has 25 heavy (non-hydrogen) atoms. The van der Waals surface area contributed by atoms with Gasteiger partial charge in [-0.2, -0.15) is 0 Å². The summed E-state index contributed by atoms with van der Waals surface area (Å²) in [5.74, 6) is -3.84. The zero-order chi connectivity index (χ0) is 19.7. The van der Waals surface area contributed by atoms with Crippen LogP contribution in [0, 0.1) is 16.7 Å². The molecule has 0 saturated heterocycles. The Morgan fingerprint density at radius 3 is 1.36 bits per heavy atom. The number of ether oxygens (including phenoxy) is 3. The summed E-state index contributed by atoms with van der Waals surface area (Å²) in [5.41, 5.74) is -3.08. The van der Waals surface area contributed by atoms with Crippen LogP contribution >= 0.6 is 0 Å². The van der Waals surface area contributed by atoms with Gasteiger partial charge in [-0.15, -0.1) is 0 Å². The van der Waals surface area contributed by atoms with Gasteiger partial charge in [0, 0.05) is 0 Å². The minimum atomic E-state index is -1.54. The van der Waals surface area contributed by atoms with E-state index in [1.54, 1.807) is 0 Å². The van der Waals surface area contributed by atoms with E-state index in [9.17, 15) is 14.4 Å². The normalized spacial score (nSPS) is 12.0. The lowest BCUT2D eigenvalue weighted by atomic mass is 9.93. The molecule has 0 aliphatic heterocycles. The van der Waals surface area contributed by atoms with Gasteiger partial charge in [-0.3, -0.25) is 14.4 Å². The lowest BCUT2D eigenvalue weighted by Gasteiger charge is -2.25. The summed E-state index contributed by atoms with van der Waals surface area (Å²) in [5, 5.41) is 36.5. The fourth-order valence-electron chi connectivity index (χ4n) is 1.41. The first-order valence-electron chi connectivity index (χ1n) is 7.49. The molecule has 0 unspecified atom stereocenters. The summed E-state index contributed by atoms with van der Waals surface area (Å²) < 4.78 is 14.3. The van der Waals surface area contributed by atoms with Crippen LogP contribution in [0.25, 0.3) is 0 Å². The fourth-order valence-corrected chi connectivity index (χ4v) is 1.41. The topological polar surface area (TPSA) is 160 Å². The first-order chi connectivity index (χ1) is 11.6. The molecule has 0 spiro atoms. The summed E-state index contributed by atoms with van der Waals surface area (Å²) in [7, 11) is 1.09. The Morgan fingerprint density at radius 2 is 1.12 bits per heavy atom. The van der Waals surface area contributed by atoms with Crippen molar-refractivity contribution >= 4 is 17.9 Å². The van der Waals surface area contributed by atoms with Crippen LogP contribution in [0.15, 0.2) is 0 Å². The predicted octanol–water partition coefficient (Wildman–Crippen LogP) is -2.16. The summed E-state index contributed by atoms with van der Waals surface area (Å²) in [6, 6.07) is 0. The summed E-state index contributed by atoms with van der Waals surface area (Å²) >= 11 is 0. The van der Waals surface area contributed by atoms with E-state index >= 15 is 0 Å². The van der Waals surface area contributed by atoms with Gasteiger partial charge in [0.05, 0.1) is 33.5 Å². The van der Waals surface area contributed by atoms with Gasteiger partial charge in [0.2, 0.25) is 0 Å². The molecule has 0 aliphatic carbocycles. The molecule has 0 heterocycles. The van der Waals surface area contributed by atoms with Crippen molar-refractivity contribution in [1.82, 2.24) is 0 Å². The molecule has 0 saturated carbocycles. The molecule has 10 nitrogen and oxygen atoms in total. The molecule has 0 aromatic carbocycles. The molecule has 4 N–H and O–H groups in total. The average molecular weight is 366 g/mol. The number of carbonyl (C=O) groups is 3. The van der Waals surface area contributed by atoms with Gasteiger partial charge in [0.15, 0.2) is 0 Å². The highest BCUT2D eigenvalue weighted by molar-refractivity contribution is 5.79. The number of rotatable bonds is 11. The van der Waals surface area contributed by atoms with Gasteiger partial charge in [-0.25, -0.2) is 0 Å². The Morgan fingerprint density at radius 1 is 0.800 bits per heavy atom. The first kappa shape index (κ1) is 23.2. The fraction of sp³-hybridized carbons (Fsp3) is 0.800. The van der Waals surface area contributed by atoms with Crippen molar-refractivity contribution in [3.05, 3.63) is 0 Å². The van der Waals surface area contributed by atoms with Crippen LogP contribution < -0.4 is 0 Å². The Labute approximate surface area is 145 Å². The Bertz CT molecular complexity index is 419. The monoisotopic (exact) mass is 366 g/mol. The van der Waals surface area contributed by atoms with E-state index in [1.807, 2.05) is 0 Å². The van der Waals surface area contributed by atoms with Crippen molar-refractivity contribution in [3.8, 4) is 0 Å². The van der Waals surface area contributed by atoms with Crippen molar-refractivity contribution in [3.63, 3.8) is 0 Å². The van der Waals surface area contributed by atoms with Gasteiger partial charge >= 0.3 is 17.9 Å². The van der Waals surface area contributed by atoms with E-state index in [2.05, 4.69) is 4.74 Å². The zero-order valence-corrected chi connectivity index (χ0v) is 14.6. The van der Waals surface area contributed by atoms with Crippen molar-refractivity contribution in [1.29, 1.82) is 0 Å². The van der Waals surface area contributed by atoms with Crippen LogP contribution in [-0.2, 0) is 28.6 Å². The number of esters is 3. The second-order valence-electron chi connectivity index (χ2n) is 6.17. The molecule has 0 rings (SSSR count). The van der Waals surface area contributed by atoms with E-state index in [-0.39, 0.29) is 0 Å². The van der Waals surface area contributed by atoms with Gasteiger partial charge < -0.3 is 34.6 Å². The highest BCUT2D eigenvalue weighted by atomic mass is 16.6. The number of hydrogen-bond donors (Lipinski definition) is 4. The van der Waals surface area contributed by atoms with Crippen molar-refractivity contribution in [2.45, 2.75) is 13.8 Å². The minimum absolute atomic E-state index is 0.511. The summed E-state index contributed by atoms with van der Waals surface area (Å²) in [6.07, 6.45) is 0. The van der Waals surface area contributed by atoms with Crippen LogP contribution in [0.5, 0.6) is 0 Å². The molecular weight excluding hydrogens is 340 g/mol. The lowest BCUT2D eigenvalue weighted by Crippen LogP contribution is -2.40. The molecule has 10 heteroatoms. The second-order valence-corrected chi connectivity index (χ2v) is 6.17. The van der Waals surface area contributed by atoms with E-state index in [1.165, 1.54) is 13.8 Å². The number of aliphatic hydroxyl groups is 4. The molecule has 0 fully saturated rings. The molecule has 0 aromatic heterocycles. The van der Waals surface area contributed by atoms with E-state index < -0.39 is 74.3 Å². The molecule has 0 amide bonds.